The van der Waals surface area contributed by atoms with E-state index in [9.17, 15) is 0 Å². The maximum atomic E-state index is 5.05. The maximum absolute atomic E-state index is 5.05. The number of pyridine rings is 1. The van der Waals surface area contributed by atoms with E-state index in [4.69, 9.17) is 15.0 Å². The first-order valence-corrected chi connectivity index (χ1v) is 22.1. The lowest BCUT2D eigenvalue weighted by Crippen LogP contribution is -2.25. The predicted molar refractivity (Wildman–Crippen MR) is 264 cm³/mol. The molecular weight excluding hydrogens is 789 g/mol. The summed E-state index contributed by atoms with van der Waals surface area (Å²) in [5.41, 5.74) is 20.9. The molecule has 2 aliphatic rings. The molecule has 4 heteroatoms. The summed E-state index contributed by atoms with van der Waals surface area (Å²) in [5, 5.41) is 1.12. The first-order chi connectivity index (χ1) is 32.2. The molecule has 0 radical (unpaired) electrons. The molecule has 302 valence electrons. The van der Waals surface area contributed by atoms with Gasteiger partial charge in [0.25, 0.3) is 0 Å². The average Bonchev–Trinajstić information content (AvgIpc) is 3.86. The Hall–Kier alpha value is -8.60. The van der Waals surface area contributed by atoms with Crippen LogP contribution < -0.4 is 0 Å². The molecule has 1 spiro atoms. The van der Waals surface area contributed by atoms with E-state index in [1.807, 2.05) is 42.6 Å². The Labute approximate surface area is 377 Å². The maximum Gasteiger partial charge on any atom is 0.164 e. The zero-order valence-electron chi connectivity index (χ0n) is 35.2. The van der Waals surface area contributed by atoms with Crippen LogP contribution >= 0.6 is 0 Å². The van der Waals surface area contributed by atoms with Crippen molar-refractivity contribution < 1.29 is 0 Å². The normalized spacial score (nSPS) is 12.7. The fourth-order valence-electron chi connectivity index (χ4n) is 10.4. The molecule has 0 N–H and O–H groups in total. The number of benzene rings is 9. The number of para-hydroxylation sites is 1. The third kappa shape index (κ3) is 5.85. The van der Waals surface area contributed by atoms with Crippen molar-refractivity contribution in [3.05, 3.63) is 253 Å². The largest absolute Gasteiger partial charge is 0.256 e. The molecule has 2 aromatic heterocycles. The van der Waals surface area contributed by atoms with Crippen LogP contribution in [-0.4, -0.2) is 19.9 Å². The van der Waals surface area contributed by atoms with Gasteiger partial charge >= 0.3 is 0 Å². The molecule has 0 saturated heterocycles. The molecule has 0 bridgehead atoms. The van der Waals surface area contributed by atoms with Gasteiger partial charge in [0.05, 0.1) is 10.9 Å². The van der Waals surface area contributed by atoms with Crippen LogP contribution in [0.2, 0.25) is 0 Å². The van der Waals surface area contributed by atoms with Crippen LogP contribution in [0.3, 0.4) is 0 Å². The quantitative estimate of drug-likeness (QED) is 0.168. The van der Waals surface area contributed by atoms with Crippen LogP contribution in [0.1, 0.15) is 22.3 Å². The third-order valence-corrected chi connectivity index (χ3v) is 13.4. The topological polar surface area (TPSA) is 51.6 Å². The summed E-state index contributed by atoms with van der Waals surface area (Å²) in [7, 11) is 0. The molecule has 0 atom stereocenters. The van der Waals surface area contributed by atoms with E-state index in [-0.39, 0.29) is 5.41 Å². The van der Waals surface area contributed by atoms with Crippen molar-refractivity contribution in [2.45, 2.75) is 5.41 Å². The van der Waals surface area contributed by atoms with Crippen molar-refractivity contribution in [1.82, 2.24) is 19.9 Å². The van der Waals surface area contributed by atoms with Gasteiger partial charge in [-0.1, -0.05) is 212 Å². The predicted octanol–water partition coefficient (Wildman–Crippen LogP) is 14.8. The van der Waals surface area contributed by atoms with Crippen LogP contribution in [0, 0.1) is 0 Å². The van der Waals surface area contributed by atoms with Crippen molar-refractivity contribution in [1.29, 1.82) is 0 Å². The van der Waals surface area contributed by atoms with E-state index >= 15 is 0 Å². The van der Waals surface area contributed by atoms with Crippen molar-refractivity contribution in [3.8, 4) is 89.8 Å². The second-order valence-electron chi connectivity index (χ2n) is 16.9. The fraction of sp³-hybridized carbons (Fsp3) is 0.0164. The van der Waals surface area contributed by atoms with E-state index in [1.165, 1.54) is 55.6 Å². The zero-order chi connectivity index (χ0) is 42.9. The molecule has 11 aromatic rings. The Kier molecular flexibility index (Phi) is 8.40. The first-order valence-electron chi connectivity index (χ1n) is 22.1. The Morgan fingerprint density at radius 1 is 0.262 bits per heavy atom. The average molecular weight is 827 g/mol. The molecular formula is C61H38N4. The summed E-state index contributed by atoms with van der Waals surface area (Å²) in [5.74, 6) is 1.89. The highest BCUT2D eigenvalue weighted by atomic mass is 15.0. The van der Waals surface area contributed by atoms with E-state index in [2.05, 4.69) is 193 Å². The van der Waals surface area contributed by atoms with Crippen LogP contribution in [0.25, 0.3) is 101 Å². The van der Waals surface area contributed by atoms with Gasteiger partial charge in [0.2, 0.25) is 0 Å². The molecule has 9 aromatic carbocycles. The zero-order valence-corrected chi connectivity index (χ0v) is 35.2. The summed E-state index contributed by atoms with van der Waals surface area (Å²) < 4.78 is 0. The minimum atomic E-state index is -0.362. The van der Waals surface area contributed by atoms with E-state index in [0.717, 1.165) is 49.8 Å². The number of aromatic nitrogens is 4. The Morgan fingerprint density at radius 2 is 0.662 bits per heavy atom. The van der Waals surface area contributed by atoms with Gasteiger partial charge in [0.15, 0.2) is 17.5 Å². The van der Waals surface area contributed by atoms with E-state index < -0.39 is 0 Å². The summed E-state index contributed by atoms with van der Waals surface area (Å²) in [4.78, 5) is 19.7. The van der Waals surface area contributed by atoms with Crippen LogP contribution in [0.4, 0.5) is 0 Å². The van der Waals surface area contributed by atoms with E-state index in [0.29, 0.717) is 17.5 Å². The molecule has 0 unspecified atom stereocenters. The monoisotopic (exact) mass is 826 g/mol. The van der Waals surface area contributed by atoms with Crippen molar-refractivity contribution in [3.63, 3.8) is 0 Å². The van der Waals surface area contributed by atoms with Gasteiger partial charge in [-0.3, -0.25) is 4.98 Å². The first kappa shape index (κ1) is 37.0. The number of hydrogen-bond acceptors (Lipinski definition) is 4. The van der Waals surface area contributed by atoms with Gasteiger partial charge in [-0.25, -0.2) is 15.0 Å². The van der Waals surface area contributed by atoms with Crippen LogP contribution in [-0.2, 0) is 5.41 Å². The molecule has 0 aliphatic heterocycles. The van der Waals surface area contributed by atoms with Gasteiger partial charge < -0.3 is 0 Å². The molecule has 13 rings (SSSR count). The van der Waals surface area contributed by atoms with Gasteiger partial charge in [0.1, 0.15) is 0 Å². The van der Waals surface area contributed by atoms with Gasteiger partial charge in [-0.15, -0.1) is 0 Å². The number of hydrogen-bond donors (Lipinski definition) is 0. The number of nitrogens with zero attached hydrogens (tertiary/aromatic N) is 4. The molecule has 2 heterocycles. The third-order valence-electron chi connectivity index (χ3n) is 13.4. The number of fused-ring (bicyclic) bond motifs is 11. The molecule has 4 nitrogen and oxygen atoms in total. The highest BCUT2D eigenvalue weighted by Crippen LogP contribution is 2.63. The lowest BCUT2D eigenvalue weighted by molar-refractivity contribution is 0.794. The van der Waals surface area contributed by atoms with E-state index in [1.54, 1.807) is 0 Å². The highest BCUT2D eigenvalue weighted by molar-refractivity contribution is 5.96. The van der Waals surface area contributed by atoms with Gasteiger partial charge in [-0.2, -0.15) is 0 Å². The minimum Gasteiger partial charge on any atom is -0.256 e. The Morgan fingerprint density at radius 3 is 1.22 bits per heavy atom. The van der Waals surface area contributed by atoms with Crippen LogP contribution in [0.5, 0.6) is 0 Å². The van der Waals surface area contributed by atoms with Crippen molar-refractivity contribution in [2.75, 3.05) is 0 Å². The molecule has 0 saturated carbocycles. The summed E-state index contributed by atoms with van der Waals surface area (Å²) in [6.45, 7) is 0. The minimum absolute atomic E-state index is 0.362. The second-order valence-corrected chi connectivity index (χ2v) is 16.9. The van der Waals surface area contributed by atoms with Crippen LogP contribution in [0.15, 0.2) is 231 Å². The highest BCUT2D eigenvalue weighted by Gasteiger charge is 2.51. The molecule has 0 fully saturated rings. The molecule has 0 amide bonds. The van der Waals surface area contributed by atoms with Gasteiger partial charge in [0, 0.05) is 33.8 Å². The standard InChI is InChI=1S/C61H38N4/c1-2-12-44(13-3-1)58-63-59(65-60(64-58)46-33-29-42(30-34-46)48-19-10-14-43-15-11-37-62-57(43)48)45-31-27-40(28-32-45)39-23-25-41(26-24-39)47-35-36-52-51-18-6-9-22-55(51)61(56(52)38-47)53-20-7-4-16-49(53)50-17-5-8-21-54(50)61/h1-38H. The Balaban J connectivity index is 0.826. The van der Waals surface area contributed by atoms with Crippen molar-refractivity contribution >= 4 is 10.9 Å². The number of rotatable bonds is 6. The smallest absolute Gasteiger partial charge is 0.164 e. The molecule has 2 aliphatic carbocycles. The summed E-state index contributed by atoms with van der Waals surface area (Å²) in [6.07, 6.45) is 1.85. The lowest BCUT2D eigenvalue weighted by atomic mass is 9.70. The SMILES string of the molecule is c1ccc(-c2nc(-c3ccc(-c4ccc(-c5ccc6c(c5)C5(c7ccccc7-c7ccccc75)c5ccccc5-6)cc4)cc3)nc(-c3ccc(-c4cccc5cccnc45)cc3)n2)cc1. The second kappa shape index (κ2) is 14.8. The summed E-state index contributed by atoms with van der Waals surface area (Å²) in [6, 6.07) is 80.4. The molecule has 65 heavy (non-hydrogen) atoms. The van der Waals surface area contributed by atoms with Crippen molar-refractivity contribution in [2.24, 2.45) is 0 Å². The summed E-state index contributed by atoms with van der Waals surface area (Å²) >= 11 is 0. The Bertz CT molecular complexity index is 3560. The fourth-order valence-corrected chi connectivity index (χ4v) is 10.4. The lowest BCUT2D eigenvalue weighted by Gasteiger charge is -2.30. The van der Waals surface area contributed by atoms with Gasteiger partial charge in [-0.05, 0) is 84.5 Å².